The minimum Gasteiger partial charge on any atom is -0.476 e. The monoisotopic (exact) mass is 652 g/mol. The van der Waals surface area contributed by atoms with Crippen molar-refractivity contribution in [3.05, 3.63) is 71.1 Å². The molecular weight excluding hydrogens is 633 g/mol. The Morgan fingerprint density at radius 3 is 2.79 bits per heavy atom. The van der Waals surface area contributed by atoms with Gasteiger partial charge in [0, 0.05) is 34.6 Å². The number of aromatic nitrogens is 3. The Labute approximate surface area is 234 Å². The highest BCUT2D eigenvalue weighted by atomic mass is 127. The molecule has 1 amide bonds. The zero-order chi connectivity index (χ0) is 27.1. The molecular formula is C25H20ClF2IN6O3. The third-order valence-corrected chi connectivity index (χ3v) is 6.03. The molecule has 2 heterocycles. The summed E-state index contributed by atoms with van der Waals surface area (Å²) in [6.07, 6.45) is 4.42. The second-order valence-electron chi connectivity index (χ2n) is 7.68. The van der Waals surface area contributed by atoms with Crippen LogP contribution in [0.4, 0.5) is 20.3 Å². The molecule has 0 aliphatic carbocycles. The Hall–Kier alpha value is -3.54. The van der Waals surface area contributed by atoms with Crippen molar-refractivity contribution in [3.63, 3.8) is 0 Å². The molecule has 4 rings (SSSR count). The summed E-state index contributed by atoms with van der Waals surface area (Å²) in [5.74, 6) is -2.69. The van der Waals surface area contributed by atoms with Crippen molar-refractivity contribution >= 4 is 57.3 Å². The Morgan fingerprint density at radius 1 is 1.18 bits per heavy atom. The number of rotatable bonds is 11. The number of benzene rings is 2. The second-order valence-corrected chi connectivity index (χ2v) is 9.16. The fraction of sp³-hybridized carbons (Fsp3) is 0.200. The molecule has 0 saturated carbocycles. The van der Waals surface area contributed by atoms with E-state index in [1.54, 1.807) is 34.9 Å². The number of hydrogen-bond donors (Lipinski definition) is 2. The van der Waals surface area contributed by atoms with Crippen molar-refractivity contribution < 1.29 is 23.0 Å². The molecule has 9 nitrogen and oxygen atoms in total. The van der Waals surface area contributed by atoms with Crippen LogP contribution in [0.3, 0.4) is 0 Å². The molecule has 2 N–H and O–H groups in total. The third kappa shape index (κ3) is 6.12. The van der Waals surface area contributed by atoms with E-state index in [0.717, 1.165) is 4.43 Å². The SMILES string of the molecule is N#CCOc1ccc(-c2cnc3c(Nc4ccc(C(=O)NCCOCCI)c(Cl)c4)nccn23)c(F)c1F. The van der Waals surface area contributed by atoms with E-state index in [-0.39, 0.29) is 27.9 Å². The Balaban J connectivity index is 1.54. The van der Waals surface area contributed by atoms with Crippen molar-refractivity contribution in [1.29, 1.82) is 5.26 Å². The summed E-state index contributed by atoms with van der Waals surface area (Å²) in [6.45, 7) is 0.978. The number of hydrogen-bond acceptors (Lipinski definition) is 7. The highest BCUT2D eigenvalue weighted by molar-refractivity contribution is 14.1. The van der Waals surface area contributed by atoms with Gasteiger partial charge in [-0.3, -0.25) is 9.20 Å². The molecule has 0 saturated heterocycles. The first-order chi connectivity index (χ1) is 18.4. The highest BCUT2D eigenvalue weighted by Gasteiger charge is 2.20. The van der Waals surface area contributed by atoms with Crippen LogP contribution in [0, 0.1) is 23.0 Å². The number of anilines is 2. The van der Waals surface area contributed by atoms with Crippen molar-refractivity contribution in [2.75, 3.05) is 36.1 Å². The van der Waals surface area contributed by atoms with Gasteiger partial charge in [0.15, 0.2) is 29.6 Å². The molecule has 4 aromatic rings. The first kappa shape index (κ1) is 27.5. The Bertz CT molecular complexity index is 1510. The predicted molar refractivity (Wildman–Crippen MR) is 146 cm³/mol. The lowest BCUT2D eigenvalue weighted by atomic mass is 10.1. The van der Waals surface area contributed by atoms with Gasteiger partial charge in [-0.1, -0.05) is 34.2 Å². The highest BCUT2D eigenvalue weighted by Crippen LogP contribution is 2.32. The molecule has 0 fully saturated rings. The lowest BCUT2D eigenvalue weighted by molar-refractivity contribution is 0.0924. The molecule has 13 heteroatoms. The number of ether oxygens (including phenoxy) is 2. The van der Waals surface area contributed by atoms with Gasteiger partial charge in [0.1, 0.15) is 6.07 Å². The van der Waals surface area contributed by atoms with Gasteiger partial charge in [0.25, 0.3) is 5.91 Å². The predicted octanol–water partition coefficient (Wildman–Crippen LogP) is 5.16. The van der Waals surface area contributed by atoms with E-state index in [0.29, 0.717) is 42.5 Å². The number of nitrogens with one attached hydrogen (secondary N) is 2. The van der Waals surface area contributed by atoms with Gasteiger partial charge >= 0.3 is 0 Å². The van der Waals surface area contributed by atoms with Crippen LogP contribution in [-0.4, -0.2) is 51.1 Å². The quantitative estimate of drug-likeness (QED) is 0.131. The van der Waals surface area contributed by atoms with Crippen LogP contribution < -0.4 is 15.4 Å². The van der Waals surface area contributed by atoms with Crippen LogP contribution in [0.25, 0.3) is 16.9 Å². The van der Waals surface area contributed by atoms with Crippen LogP contribution in [0.5, 0.6) is 5.75 Å². The van der Waals surface area contributed by atoms with E-state index < -0.39 is 18.2 Å². The van der Waals surface area contributed by atoms with Crippen LogP contribution >= 0.6 is 34.2 Å². The van der Waals surface area contributed by atoms with Crippen LogP contribution in [0.2, 0.25) is 5.02 Å². The van der Waals surface area contributed by atoms with Crippen LogP contribution in [0.1, 0.15) is 10.4 Å². The normalized spacial score (nSPS) is 10.8. The summed E-state index contributed by atoms with van der Waals surface area (Å²) >= 11 is 8.56. The number of halogens is 4. The van der Waals surface area contributed by atoms with E-state index in [9.17, 15) is 13.6 Å². The Kier molecular flexibility index (Phi) is 9.27. The lowest BCUT2D eigenvalue weighted by Gasteiger charge is -2.11. The molecule has 0 spiro atoms. The summed E-state index contributed by atoms with van der Waals surface area (Å²) in [4.78, 5) is 21.0. The number of nitriles is 1. The molecule has 0 unspecified atom stereocenters. The third-order valence-electron chi connectivity index (χ3n) is 5.27. The van der Waals surface area contributed by atoms with Gasteiger partial charge < -0.3 is 20.1 Å². The van der Waals surface area contributed by atoms with E-state index in [1.165, 1.54) is 24.5 Å². The average Bonchev–Trinajstić information content (AvgIpc) is 3.34. The van der Waals surface area contributed by atoms with Crippen molar-refractivity contribution in [3.8, 4) is 23.1 Å². The molecule has 38 heavy (non-hydrogen) atoms. The largest absolute Gasteiger partial charge is 0.476 e. The smallest absolute Gasteiger partial charge is 0.252 e. The summed E-state index contributed by atoms with van der Waals surface area (Å²) in [5.41, 5.74) is 1.42. The summed E-state index contributed by atoms with van der Waals surface area (Å²) in [6, 6.07) is 9.13. The topological polar surface area (TPSA) is 114 Å². The number of nitrogens with zero attached hydrogens (tertiary/aromatic N) is 4. The van der Waals surface area contributed by atoms with Gasteiger partial charge in [-0.05, 0) is 30.3 Å². The number of alkyl halides is 1. The molecule has 0 aliphatic rings. The number of carbonyl (C=O) groups is 1. The van der Waals surface area contributed by atoms with Crippen molar-refractivity contribution in [2.45, 2.75) is 0 Å². The Morgan fingerprint density at radius 2 is 2.03 bits per heavy atom. The minimum absolute atomic E-state index is 0.0467. The first-order valence-electron chi connectivity index (χ1n) is 11.2. The number of amides is 1. The molecule has 2 aromatic heterocycles. The number of imidazole rings is 1. The van der Waals surface area contributed by atoms with E-state index in [4.69, 9.17) is 26.3 Å². The maximum atomic E-state index is 14.8. The lowest BCUT2D eigenvalue weighted by Crippen LogP contribution is -2.27. The zero-order valence-electron chi connectivity index (χ0n) is 19.7. The molecule has 0 atom stereocenters. The first-order valence-corrected chi connectivity index (χ1v) is 13.1. The average molecular weight is 653 g/mol. The van der Waals surface area contributed by atoms with Crippen LogP contribution in [-0.2, 0) is 4.74 Å². The molecule has 0 aliphatic heterocycles. The van der Waals surface area contributed by atoms with Gasteiger partial charge in [0.05, 0.1) is 35.7 Å². The molecule has 0 bridgehead atoms. The fourth-order valence-corrected chi connectivity index (χ4v) is 4.14. The fourth-order valence-electron chi connectivity index (χ4n) is 3.56. The minimum atomic E-state index is -1.20. The van der Waals surface area contributed by atoms with Gasteiger partial charge in [-0.25, -0.2) is 14.4 Å². The summed E-state index contributed by atoms with van der Waals surface area (Å²) in [7, 11) is 0. The molecule has 196 valence electrons. The van der Waals surface area contributed by atoms with Gasteiger partial charge in [0.2, 0.25) is 5.82 Å². The number of carbonyl (C=O) groups excluding carboxylic acids is 1. The molecule has 0 radical (unpaired) electrons. The van der Waals surface area contributed by atoms with Gasteiger partial charge in [-0.2, -0.15) is 9.65 Å². The standard InChI is InChI=1S/C25H20ClF2IN6O3/c26-18-13-15(1-2-16(18)25(36)32-8-12-37-10-5-29)34-23-24-33-14-19(35(24)9-7-31-23)17-3-4-20(38-11-6-30)22(28)21(17)27/h1-4,7,9,13-14H,5,8,10-12H2,(H,31,34)(H,32,36). The zero-order valence-corrected chi connectivity index (χ0v) is 22.6. The second kappa shape index (κ2) is 12.8. The number of fused-ring (bicyclic) bond motifs is 1. The van der Waals surface area contributed by atoms with E-state index in [1.807, 2.05) is 0 Å². The maximum absolute atomic E-state index is 14.8. The van der Waals surface area contributed by atoms with E-state index >= 15 is 0 Å². The summed E-state index contributed by atoms with van der Waals surface area (Å²) < 4.78 is 42.0. The van der Waals surface area contributed by atoms with Crippen molar-refractivity contribution in [2.24, 2.45) is 0 Å². The summed E-state index contributed by atoms with van der Waals surface area (Å²) in [5, 5.41) is 14.7. The molecule has 2 aromatic carbocycles. The van der Waals surface area contributed by atoms with Crippen molar-refractivity contribution in [1.82, 2.24) is 19.7 Å². The van der Waals surface area contributed by atoms with Gasteiger partial charge in [-0.15, -0.1) is 0 Å². The van der Waals surface area contributed by atoms with E-state index in [2.05, 4.69) is 43.2 Å². The van der Waals surface area contributed by atoms with Crippen LogP contribution in [0.15, 0.2) is 48.9 Å². The maximum Gasteiger partial charge on any atom is 0.252 e.